The van der Waals surface area contributed by atoms with Crippen molar-refractivity contribution in [1.29, 1.82) is 0 Å². The van der Waals surface area contributed by atoms with Gasteiger partial charge >= 0.3 is 0 Å². The number of hydrogen-bond acceptors (Lipinski definition) is 3. The maximum absolute atomic E-state index is 6.03. The summed E-state index contributed by atoms with van der Waals surface area (Å²) < 4.78 is 8.53. The highest BCUT2D eigenvalue weighted by Crippen LogP contribution is 2.32. The Morgan fingerprint density at radius 3 is 2.78 bits per heavy atom. The summed E-state index contributed by atoms with van der Waals surface area (Å²) in [4.78, 5) is 0. The van der Waals surface area contributed by atoms with E-state index >= 15 is 0 Å². The van der Waals surface area contributed by atoms with Crippen molar-refractivity contribution in [3.63, 3.8) is 0 Å². The van der Waals surface area contributed by atoms with E-state index in [-0.39, 0.29) is 0 Å². The minimum atomic E-state index is 0.591. The monoisotopic (exact) mass is 309 g/mol. The van der Waals surface area contributed by atoms with E-state index in [0.717, 1.165) is 27.9 Å². The lowest BCUT2D eigenvalue weighted by Crippen LogP contribution is -1.98. The van der Waals surface area contributed by atoms with Crippen LogP contribution in [0.2, 0.25) is 0 Å². The van der Waals surface area contributed by atoms with E-state index < -0.39 is 0 Å². The Morgan fingerprint density at radius 2 is 2.17 bits per heavy atom. The predicted molar refractivity (Wildman–Crippen MR) is 76.0 cm³/mol. The molecule has 0 unspecified atom stereocenters. The molecular weight excluding hydrogens is 294 g/mol. The van der Waals surface area contributed by atoms with Gasteiger partial charge in [0.15, 0.2) is 0 Å². The highest BCUT2D eigenvalue weighted by Gasteiger charge is 2.15. The molecule has 0 bridgehead atoms. The molecule has 0 saturated carbocycles. The smallest absolute Gasteiger partial charge is 0.241 e. The van der Waals surface area contributed by atoms with Gasteiger partial charge in [0.25, 0.3) is 0 Å². The van der Waals surface area contributed by atoms with Crippen LogP contribution in [-0.2, 0) is 13.5 Å². The lowest BCUT2D eigenvalue weighted by atomic mass is 10.2. The molecule has 0 atom stereocenters. The highest BCUT2D eigenvalue weighted by atomic mass is 79.9. The first-order chi connectivity index (χ1) is 8.52. The standard InChI is InChI=1S/C13H16BrN3O/c1-4-10-12(15)13(17(3)16-10)18-11-7-9(14)6-5-8(11)2/h5-7H,4,15H2,1-3H3. The molecule has 5 heteroatoms. The van der Waals surface area contributed by atoms with Gasteiger partial charge in [-0.1, -0.05) is 28.9 Å². The number of hydrogen-bond donors (Lipinski definition) is 1. The van der Waals surface area contributed by atoms with Crippen molar-refractivity contribution < 1.29 is 4.74 Å². The number of benzene rings is 1. The molecule has 2 rings (SSSR count). The molecule has 0 saturated heterocycles. The molecule has 0 aliphatic rings. The lowest BCUT2D eigenvalue weighted by Gasteiger charge is -2.09. The first-order valence-electron chi connectivity index (χ1n) is 5.78. The van der Waals surface area contributed by atoms with Gasteiger partial charge in [0, 0.05) is 11.5 Å². The van der Waals surface area contributed by atoms with Gasteiger partial charge in [-0.15, -0.1) is 0 Å². The Morgan fingerprint density at radius 1 is 1.44 bits per heavy atom. The number of aromatic nitrogens is 2. The minimum absolute atomic E-state index is 0.591. The fourth-order valence-corrected chi connectivity index (χ4v) is 2.09. The van der Waals surface area contributed by atoms with Crippen LogP contribution in [0.5, 0.6) is 11.6 Å². The Hall–Kier alpha value is -1.49. The summed E-state index contributed by atoms with van der Waals surface area (Å²) in [7, 11) is 1.83. The lowest BCUT2D eigenvalue weighted by molar-refractivity contribution is 0.429. The third-order valence-corrected chi connectivity index (χ3v) is 3.29. The number of halogens is 1. The number of aryl methyl sites for hydroxylation is 3. The summed E-state index contributed by atoms with van der Waals surface area (Å²) in [6.45, 7) is 4.02. The van der Waals surface area contributed by atoms with E-state index in [1.807, 2.05) is 39.1 Å². The molecule has 0 fully saturated rings. The topological polar surface area (TPSA) is 53.1 Å². The van der Waals surface area contributed by atoms with E-state index in [0.29, 0.717) is 11.6 Å². The number of nitrogens with two attached hydrogens (primary N) is 1. The summed E-state index contributed by atoms with van der Waals surface area (Å²) in [5, 5.41) is 4.33. The Bertz CT molecular complexity index is 578. The second-order valence-electron chi connectivity index (χ2n) is 4.15. The van der Waals surface area contributed by atoms with Gasteiger partial charge in [-0.2, -0.15) is 5.10 Å². The summed E-state index contributed by atoms with van der Waals surface area (Å²) >= 11 is 3.43. The highest BCUT2D eigenvalue weighted by molar-refractivity contribution is 9.10. The quantitative estimate of drug-likeness (QED) is 0.945. The van der Waals surface area contributed by atoms with E-state index in [1.54, 1.807) is 4.68 Å². The zero-order valence-corrected chi connectivity index (χ0v) is 12.3. The SMILES string of the molecule is CCc1nn(C)c(Oc2cc(Br)ccc2C)c1N. The third-order valence-electron chi connectivity index (χ3n) is 2.80. The van der Waals surface area contributed by atoms with E-state index in [9.17, 15) is 0 Å². The number of anilines is 1. The fraction of sp³-hybridized carbons (Fsp3) is 0.308. The van der Waals surface area contributed by atoms with Crippen molar-refractivity contribution in [2.45, 2.75) is 20.3 Å². The predicted octanol–water partition coefficient (Wildman–Crippen LogP) is 3.43. The van der Waals surface area contributed by atoms with Gasteiger partial charge in [-0.05, 0) is 31.0 Å². The van der Waals surface area contributed by atoms with Crippen LogP contribution in [0.15, 0.2) is 22.7 Å². The van der Waals surface area contributed by atoms with E-state index in [2.05, 4.69) is 21.0 Å². The normalized spacial score (nSPS) is 10.7. The largest absolute Gasteiger partial charge is 0.437 e. The Labute approximate surface area is 115 Å². The van der Waals surface area contributed by atoms with Crippen molar-refractivity contribution in [3.05, 3.63) is 33.9 Å². The second-order valence-corrected chi connectivity index (χ2v) is 5.07. The summed E-state index contributed by atoms with van der Waals surface area (Å²) in [6, 6.07) is 5.90. The van der Waals surface area contributed by atoms with Crippen LogP contribution < -0.4 is 10.5 Å². The molecule has 0 amide bonds. The van der Waals surface area contributed by atoms with Crippen LogP contribution in [0, 0.1) is 6.92 Å². The van der Waals surface area contributed by atoms with Gasteiger partial charge in [0.05, 0.1) is 5.69 Å². The molecule has 4 nitrogen and oxygen atoms in total. The minimum Gasteiger partial charge on any atom is -0.437 e. The molecule has 1 aromatic heterocycles. The summed E-state index contributed by atoms with van der Waals surface area (Å²) in [5.74, 6) is 1.37. The number of nitrogen functional groups attached to an aromatic ring is 1. The molecule has 1 aromatic carbocycles. The summed E-state index contributed by atoms with van der Waals surface area (Å²) in [6.07, 6.45) is 0.792. The Kier molecular flexibility index (Phi) is 3.61. The van der Waals surface area contributed by atoms with E-state index in [1.165, 1.54) is 0 Å². The van der Waals surface area contributed by atoms with Crippen molar-refractivity contribution in [2.24, 2.45) is 7.05 Å². The molecule has 0 spiro atoms. The van der Waals surface area contributed by atoms with Crippen LogP contribution in [0.3, 0.4) is 0 Å². The second kappa shape index (κ2) is 5.02. The molecule has 0 aliphatic heterocycles. The van der Waals surface area contributed by atoms with Crippen LogP contribution >= 0.6 is 15.9 Å². The van der Waals surface area contributed by atoms with Crippen molar-refractivity contribution in [3.8, 4) is 11.6 Å². The number of ether oxygens (including phenoxy) is 1. The van der Waals surface area contributed by atoms with Crippen molar-refractivity contribution in [1.82, 2.24) is 9.78 Å². The van der Waals surface area contributed by atoms with Crippen molar-refractivity contribution in [2.75, 3.05) is 5.73 Å². The molecule has 0 aliphatic carbocycles. The average molecular weight is 310 g/mol. The zero-order valence-electron chi connectivity index (χ0n) is 10.7. The van der Waals surface area contributed by atoms with Gasteiger partial charge in [0.2, 0.25) is 5.88 Å². The molecule has 1 heterocycles. The van der Waals surface area contributed by atoms with Crippen molar-refractivity contribution >= 4 is 21.6 Å². The molecular formula is C13H16BrN3O. The molecule has 18 heavy (non-hydrogen) atoms. The summed E-state index contributed by atoms with van der Waals surface area (Å²) in [5.41, 5.74) is 8.56. The fourth-order valence-electron chi connectivity index (χ4n) is 1.75. The third kappa shape index (κ3) is 2.36. The maximum atomic E-state index is 6.03. The Balaban J connectivity index is 2.39. The maximum Gasteiger partial charge on any atom is 0.241 e. The van der Waals surface area contributed by atoms with Gasteiger partial charge in [0.1, 0.15) is 11.4 Å². The molecule has 2 N–H and O–H groups in total. The van der Waals surface area contributed by atoms with Crippen LogP contribution in [0.1, 0.15) is 18.2 Å². The zero-order chi connectivity index (χ0) is 13.3. The van der Waals surface area contributed by atoms with Crippen LogP contribution in [-0.4, -0.2) is 9.78 Å². The number of rotatable bonds is 3. The first-order valence-corrected chi connectivity index (χ1v) is 6.57. The number of nitrogens with zero attached hydrogens (tertiary/aromatic N) is 2. The van der Waals surface area contributed by atoms with Gasteiger partial charge in [-0.3, -0.25) is 0 Å². The molecule has 0 radical (unpaired) electrons. The van der Waals surface area contributed by atoms with Crippen LogP contribution in [0.25, 0.3) is 0 Å². The first kappa shape index (κ1) is 13.0. The molecule has 2 aromatic rings. The van der Waals surface area contributed by atoms with Gasteiger partial charge in [-0.25, -0.2) is 4.68 Å². The molecule has 96 valence electrons. The van der Waals surface area contributed by atoms with Crippen LogP contribution in [0.4, 0.5) is 5.69 Å². The van der Waals surface area contributed by atoms with E-state index in [4.69, 9.17) is 10.5 Å². The van der Waals surface area contributed by atoms with Gasteiger partial charge < -0.3 is 10.5 Å². The average Bonchev–Trinajstić information content (AvgIpc) is 2.61.